The predicted molar refractivity (Wildman–Crippen MR) is 89.9 cm³/mol. The lowest BCUT2D eigenvalue weighted by Crippen LogP contribution is -2.49. The zero-order valence-electron chi connectivity index (χ0n) is 13.3. The zero-order valence-corrected chi connectivity index (χ0v) is 13.3. The van der Waals surface area contributed by atoms with E-state index in [4.69, 9.17) is 5.11 Å². The first kappa shape index (κ1) is 16.1. The van der Waals surface area contributed by atoms with Gasteiger partial charge >= 0.3 is 6.03 Å². The van der Waals surface area contributed by atoms with Gasteiger partial charge in [0.2, 0.25) is 0 Å². The van der Waals surface area contributed by atoms with E-state index in [1.165, 1.54) is 0 Å². The second-order valence-electron chi connectivity index (χ2n) is 5.68. The molecule has 0 atom stereocenters. The summed E-state index contributed by atoms with van der Waals surface area (Å²) < 4.78 is 0. The number of urea groups is 1. The standard InChI is InChI=1S/C18H19N3O3/c22-13-16(23)15-7-5-14(6-8-15)12-21(17-4-1-2-9-19-17)18(24)20-10-3-11-20/h1-2,4-9,22H,3,10-13H2. The van der Waals surface area contributed by atoms with E-state index in [1.807, 2.05) is 12.1 Å². The van der Waals surface area contributed by atoms with Crippen LogP contribution in [0, 0.1) is 0 Å². The number of amides is 2. The van der Waals surface area contributed by atoms with Gasteiger partial charge in [0.15, 0.2) is 5.78 Å². The molecule has 1 aromatic heterocycles. The fourth-order valence-electron chi connectivity index (χ4n) is 2.51. The van der Waals surface area contributed by atoms with E-state index < -0.39 is 6.61 Å². The van der Waals surface area contributed by atoms with E-state index in [1.54, 1.807) is 46.3 Å². The highest BCUT2D eigenvalue weighted by Gasteiger charge is 2.27. The van der Waals surface area contributed by atoms with Crippen molar-refractivity contribution in [3.63, 3.8) is 0 Å². The number of likely N-dealkylation sites (tertiary alicyclic amines) is 1. The summed E-state index contributed by atoms with van der Waals surface area (Å²) in [5, 5.41) is 8.90. The Morgan fingerprint density at radius 3 is 2.42 bits per heavy atom. The van der Waals surface area contributed by atoms with Gasteiger partial charge in [-0.1, -0.05) is 30.3 Å². The van der Waals surface area contributed by atoms with Crippen molar-refractivity contribution >= 4 is 17.6 Å². The number of hydrogen-bond acceptors (Lipinski definition) is 4. The van der Waals surface area contributed by atoms with E-state index in [0.29, 0.717) is 17.9 Å². The highest BCUT2D eigenvalue weighted by molar-refractivity contribution is 5.97. The Balaban J connectivity index is 1.81. The van der Waals surface area contributed by atoms with Crippen LogP contribution in [-0.4, -0.2) is 46.5 Å². The zero-order chi connectivity index (χ0) is 16.9. The lowest BCUT2D eigenvalue weighted by atomic mass is 10.1. The number of anilines is 1. The number of benzene rings is 1. The third-order valence-corrected chi connectivity index (χ3v) is 4.04. The van der Waals surface area contributed by atoms with Crippen molar-refractivity contribution in [2.45, 2.75) is 13.0 Å². The maximum Gasteiger partial charge on any atom is 0.325 e. The molecule has 6 nitrogen and oxygen atoms in total. The van der Waals surface area contributed by atoms with Crippen molar-refractivity contribution in [2.75, 3.05) is 24.6 Å². The second-order valence-corrected chi connectivity index (χ2v) is 5.68. The third-order valence-electron chi connectivity index (χ3n) is 4.04. The Morgan fingerprint density at radius 1 is 1.12 bits per heavy atom. The van der Waals surface area contributed by atoms with Crippen LogP contribution in [0.15, 0.2) is 48.7 Å². The maximum absolute atomic E-state index is 12.7. The van der Waals surface area contributed by atoms with Gasteiger partial charge in [-0.3, -0.25) is 9.69 Å². The summed E-state index contributed by atoms with van der Waals surface area (Å²) in [5.74, 6) is 0.282. The fourth-order valence-corrected chi connectivity index (χ4v) is 2.51. The molecule has 6 heteroatoms. The number of carbonyl (C=O) groups is 2. The summed E-state index contributed by atoms with van der Waals surface area (Å²) in [5.41, 5.74) is 1.35. The molecular weight excluding hydrogens is 306 g/mol. The quantitative estimate of drug-likeness (QED) is 0.854. The van der Waals surface area contributed by atoms with Gasteiger partial charge in [0.05, 0.1) is 6.54 Å². The molecule has 0 spiro atoms. The summed E-state index contributed by atoms with van der Waals surface area (Å²) in [7, 11) is 0. The number of pyridine rings is 1. The molecule has 0 unspecified atom stereocenters. The van der Waals surface area contributed by atoms with E-state index in [0.717, 1.165) is 25.1 Å². The topological polar surface area (TPSA) is 73.7 Å². The highest BCUT2D eigenvalue weighted by atomic mass is 16.3. The molecule has 0 saturated carbocycles. The van der Waals surface area contributed by atoms with Crippen molar-refractivity contribution in [3.8, 4) is 0 Å². The normalized spacial score (nSPS) is 13.3. The minimum Gasteiger partial charge on any atom is -0.388 e. The van der Waals surface area contributed by atoms with Crippen LogP contribution in [0.1, 0.15) is 22.3 Å². The van der Waals surface area contributed by atoms with Gasteiger partial charge in [0.25, 0.3) is 0 Å². The molecule has 1 aliphatic rings. The van der Waals surface area contributed by atoms with E-state index in [-0.39, 0.29) is 11.8 Å². The summed E-state index contributed by atoms with van der Waals surface area (Å²) in [4.78, 5) is 31.9. The molecule has 1 fully saturated rings. The maximum atomic E-state index is 12.7. The van der Waals surface area contributed by atoms with E-state index in [9.17, 15) is 9.59 Å². The second kappa shape index (κ2) is 7.23. The SMILES string of the molecule is O=C(CO)c1ccc(CN(C(=O)N2CCC2)c2ccccn2)cc1. The number of aromatic nitrogens is 1. The highest BCUT2D eigenvalue weighted by Crippen LogP contribution is 2.19. The van der Waals surface area contributed by atoms with Crippen molar-refractivity contribution in [3.05, 3.63) is 59.8 Å². The Labute approximate surface area is 140 Å². The Hall–Kier alpha value is -2.73. The van der Waals surface area contributed by atoms with Gasteiger partial charge < -0.3 is 10.0 Å². The molecule has 3 rings (SSSR count). The third kappa shape index (κ3) is 3.44. The molecule has 24 heavy (non-hydrogen) atoms. The van der Waals surface area contributed by atoms with E-state index >= 15 is 0 Å². The molecule has 1 aromatic carbocycles. The smallest absolute Gasteiger partial charge is 0.325 e. The fraction of sp³-hybridized carbons (Fsp3) is 0.278. The minimum atomic E-state index is -0.507. The average Bonchev–Trinajstić information content (AvgIpc) is 2.58. The molecular formula is C18H19N3O3. The summed E-state index contributed by atoms with van der Waals surface area (Å²) >= 11 is 0. The minimum absolute atomic E-state index is 0.0598. The van der Waals surface area contributed by atoms with Crippen LogP contribution >= 0.6 is 0 Å². The molecule has 1 aliphatic heterocycles. The summed E-state index contributed by atoms with van der Waals surface area (Å²) in [6.45, 7) is 1.41. The largest absolute Gasteiger partial charge is 0.388 e. The summed E-state index contributed by atoms with van der Waals surface area (Å²) in [6, 6.07) is 12.3. The molecule has 1 N–H and O–H groups in total. The predicted octanol–water partition coefficient (Wildman–Crippen LogP) is 2.09. The van der Waals surface area contributed by atoms with Crippen molar-refractivity contribution < 1.29 is 14.7 Å². The van der Waals surface area contributed by atoms with Crippen LogP contribution in [0.3, 0.4) is 0 Å². The number of carbonyl (C=O) groups excluding carboxylic acids is 2. The average molecular weight is 325 g/mol. The molecule has 0 radical (unpaired) electrons. The first-order valence-electron chi connectivity index (χ1n) is 7.89. The van der Waals surface area contributed by atoms with Crippen LogP contribution in [0.5, 0.6) is 0 Å². The van der Waals surface area contributed by atoms with Crippen LogP contribution in [0.2, 0.25) is 0 Å². The lowest BCUT2D eigenvalue weighted by Gasteiger charge is -2.35. The van der Waals surface area contributed by atoms with Crippen LogP contribution in [0.25, 0.3) is 0 Å². The number of aliphatic hydroxyl groups is 1. The van der Waals surface area contributed by atoms with E-state index in [2.05, 4.69) is 4.98 Å². The van der Waals surface area contributed by atoms with Crippen molar-refractivity contribution in [2.24, 2.45) is 0 Å². The molecule has 2 aromatic rings. The lowest BCUT2D eigenvalue weighted by molar-refractivity contribution is 0.0903. The molecule has 2 amide bonds. The number of aliphatic hydroxyl groups excluding tert-OH is 1. The van der Waals surface area contributed by atoms with Crippen LogP contribution < -0.4 is 4.90 Å². The van der Waals surface area contributed by atoms with Crippen LogP contribution in [0.4, 0.5) is 10.6 Å². The number of nitrogens with zero attached hydrogens (tertiary/aromatic N) is 3. The Morgan fingerprint density at radius 2 is 1.88 bits per heavy atom. The molecule has 2 heterocycles. The molecule has 0 aliphatic carbocycles. The van der Waals surface area contributed by atoms with Crippen LogP contribution in [-0.2, 0) is 6.54 Å². The van der Waals surface area contributed by atoms with Gasteiger partial charge in [0, 0.05) is 24.8 Å². The Bertz CT molecular complexity index is 712. The molecule has 124 valence electrons. The van der Waals surface area contributed by atoms with Crippen molar-refractivity contribution in [1.82, 2.24) is 9.88 Å². The molecule has 1 saturated heterocycles. The first-order chi connectivity index (χ1) is 11.7. The number of ketones is 1. The number of hydrogen-bond donors (Lipinski definition) is 1. The van der Waals surface area contributed by atoms with Gasteiger partial charge in [-0.05, 0) is 24.1 Å². The van der Waals surface area contributed by atoms with Gasteiger partial charge in [0.1, 0.15) is 12.4 Å². The van der Waals surface area contributed by atoms with Gasteiger partial charge in [-0.25, -0.2) is 9.78 Å². The molecule has 0 bridgehead atoms. The monoisotopic (exact) mass is 325 g/mol. The van der Waals surface area contributed by atoms with Crippen molar-refractivity contribution in [1.29, 1.82) is 0 Å². The number of Topliss-reactive ketones (excluding diaryl/α,β-unsaturated/α-hetero) is 1. The van der Waals surface area contributed by atoms with Gasteiger partial charge in [-0.2, -0.15) is 0 Å². The first-order valence-corrected chi connectivity index (χ1v) is 7.89. The Kier molecular flexibility index (Phi) is 4.86. The van der Waals surface area contributed by atoms with Gasteiger partial charge in [-0.15, -0.1) is 0 Å². The number of rotatable bonds is 5. The summed E-state index contributed by atoms with van der Waals surface area (Å²) in [6.07, 6.45) is 2.69.